The molecule has 0 unspecified atom stereocenters. The zero-order valence-electron chi connectivity index (χ0n) is 15.3. The number of aromatic nitrogens is 2. The Morgan fingerprint density at radius 3 is 2.54 bits per heavy atom. The number of carbonyl (C=O) groups excluding carboxylic acids is 2. The van der Waals surface area contributed by atoms with Gasteiger partial charge in [0.2, 0.25) is 6.41 Å². The van der Waals surface area contributed by atoms with E-state index in [1.807, 2.05) is 48.5 Å². The predicted octanol–water partition coefficient (Wildman–Crippen LogP) is 1.85. The van der Waals surface area contributed by atoms with Crippen molar-refractivity contribution in [3.63, 3.8) is 0 Å². The summed E-state index contributed by atoms with van der Waals surface area (Å²) in [4.78, 5) is 22.1. The molecule has 0 bridgehead atoms. The molecule has 0 saturated carbocycles. The van der Waals surface area contributed by atoms with Gasteiger partial charge in [0.05, 0.1) is 30.1 Å². The summed E-state index contributed by atoms with van der Waals surface area (Å²) in [7, 11) is 1.50. The minimum absolute atomic E-state index is 0.00891. The summed E-state index contributed by atoms with van der Waals surface area (Å²) >= 11 is 0. The van der Waals surface area contributed by atoms with E-state index in [1.54, 1.807) is 0 Å². The Morgan fingerprint density at radius 2 is 1.93 bits per heavy atom. The first-order chi connectivity index (χ1) is 13.6. The third kappa shape index (κ3) is 4.60. The second-order valence-corrected chi connectivity index (χ2v) is 5.54. The van der Waals surface area contributed by atoms with E-state index in [0.29, 0.717) is 18.5 Å². The summed E-state index contributed by atoms with van der Waals surface area (Å²) in [5, 5.41) is 15.4. The lowest BCUT2D eigenvalue weighted by molar-refractivity contribution is -0.105. The number of nitrogens with one attached hydrogen (secondary N) is 1. The number of benzene rings is 2. The summed E-state index contributed by atoms with van der Waals surface area (Å²) in [5.74, 6) is -0.723. The van der Waals surface area contributed by atoms with Gasteiger partial charge in [-0.2, -0.15) is 10.4 Å². The van der Waals surface area contributed by atoms with Crippen molar-refractivity contribution in [3.8, 4) is 22.9 Å². The smallest absolute Gasteiger partial charge is 0.271 e. The second-order valence-electron chi connectivity index (χ2n) is 5.54. The number of hydrogen-bond acceptors (Lipinski definition) is 5. The Balaban J connectivity index is 0.00000136. The number of anilines is 1. The molecule has 0 radical (unpaired) electrons. The van der Waals surface area contributed by atoms with Gasteiger partial charge in [0, 0.05) is 0 Å². The minimum atomic E-state index is -0.723. The highest BCUT2D eigenvalue weighted by Crippen LogP contribution is 2.23. The van der Waals surface area contributed by atoms with Crippen LogP contribution < -0.4 is 16.8 Å². The molecular formula is C20H20N6O2. The zero-order chi connectivity index (χ0) is 20.5. The lowest BCUT2D eigenvalue weighted by Gasteiger charge is -2.06. The molecule has 0 aliphatic rings. The molecule has 2 aromatic carbocycles. The van der Waals surface area contributed by atoms with Gasteiger partial charge in [0.15, 0.2) is 5.69 Å². The molecule has 142 valence electrons. The minimum Gasteiger partial charge on any atom is -0.364 e. The number of nitriles is 1. The molecule has 0 spiro atoms. The molecule has 8 nitrogen and oxygen atoms in total. The maximum atomic E-state index is 11.4. The van der Waals surface area contributed by atoms with Crippen molar-refractivity contribution in [2.75, 3.05) is 12.4 Å². The lowest BCUT2D eigenvalue weighted by Crippen LogP contribution is -2.14. The summed E-state index contributed by atoms with van der Waals surface area (Å²) in [6, 6.07) is 17.4. The summed E-state index contributed by atoms with van der Waals surface area (Å²) in [5.41, 5.74) is 13.7. The molecule has 28 heavy (non-hydrogen) atoms. The first-order valence-electron chi connectivity index (χ1n) is 8.36. The number of rotatable bonds is 6. The Hall–Kier alpha value is -3.96. The highest BCUT2D eigenvalue weighted by atomic mass is 16.1. The van der Waals surface area contributed by atoms with Crippen LogP contribution in [0.3, 0.4) is 0 Å². The second kappa shape index (κ2) is 9.66. The van der Waals surface area contributed by atoms with Crippen molar-refractivity contribution >= 4 is 18.0 Å². The van der Waals surface area contributed by atoms with Crippen LogP contribution in [0.5, 0.6) is 0 Å². The molecule has 3 aromatic rings. The highest BCUT2D eigenvalue weighted by Gasteiger charge is 2.14. The fourth-order valence-electron chi connectivity index (χ4n) is 2.62. The van der Waals surface area contributed by atoms with Gasteiger partial charge in [0.1, 0.15) is 0 Å². The molecule has 5 N–H and O–H groups in total. The van der Waals surface area contributed by atoms with E-state index < -0.39 is 5.91 Å². The van der Waals surface area contributed by atoms with Gasteiger partial charge in [0.25, 0.3) is 5.91 Å². The van der Waals surface area contributed by atoms with Gasteiger partial charge in [-0.15, -0.1) is 0 Å². The van der Waals surface area contributed by atoms with E-state index in [1.165, 1.54) is 17.9 Å². The lowest BCUT2D eigenvalue weighted by atomic mass is 10.0. The number of nitrogens with zero attached hydrogens (tertiary/aromatic N) is 3. The topological polar surface area (TPSA) is 140 Å². The Morgan fingerprint density at radius 1 is 1.21 bits per heavy atom. The molecular weight excluding hydrogens is 356 g/mol. The standard InChI is InChI=1S/C19H15N5O2.CH5N/c20-9-8-13-2-1-3-15(10-13)14-4-6-16(7-5-14)24-11-17(22-12-25)18(23-24)19(21)26;1-2/h1-7,10-12H,8H2,(H2,21,26)(H,22,25);2H2,1H3. The number of amides is 2. The number of hydrogen-bond donors (Lipinski definition) is 3. The van der Waals surface area contributed by atoms with Gasteiger partial charge in [-0.3, -0.25) is 9.59 Å². The van der Waals surface area contributed by atoms with E-state index >= 15 is 0 Å². The van der Waals surface area contributed by atoms with Crippen molar-refractivity contribution in [1.82, 2.24) is 9.78 Å². The fraction of sp³-hybridized carbons (Fsp3) is 0.100. The van der Waals surface area contributed by atoms with Crippen LogP contribution in [0.2, 0.25) is 0 Å². The normalized spacial score (nSPS) is 9.61. The third-order valence-corrected chi connectivity index (χ3v) is 3.84. The van der Waals surface area contributed by atoms with Gasteiger partial charge in [-0.25, -0.2) is 4.68 Å². The molecule has 0 aliphatic carbocycles. The summed E-state index contributed by atoms with van der Waals surface area (Å²) in [6.45, 7) is 0. The summed E-state index contributed by atoms with van der Waals surface area (Å²) in [6.07, 6.45) is 2.35. The van der Waals surface area contributed by atoms with Gasteiger partial charge >= 0.3 is 0 Å². The fourth-order valence-corrected chi connectivity index (χ4v) is 2.62. The first-order valence-corrected chi connectivity index (χ1v) is 8.36. The molecule has 1 heterocycles. The van der Waals surface area contributed by atoms with Crippen LogP contribution in [0.25, 0.3) is 16.8 Å². The van der Waals surface area contributed by atoms with Gasteiger partial charge in [-0.05, 0) is 35.9 Å². The van der Waals surface area contributed by atoms with Crippen molar-refractivity contribution in [2.24, 2.45) is 11.5 Å². The predicted molar refractivity (Wildman–Crippen MR) is 107 cm³/mol. The van der Waals surface area contributed by atoms with E-state index in [-0.39, 0.29) is 11.4 Å². The van der Waals surface area contributed by atoms with Crippen LogP contribution in [0.4, 0.5) is 5.69 Å². The molecule has 0 aliphatic heterocycles. The molecule has 2 amide bonds. The van der Waals surface area contributed by atoms with Gasteiger partial charge in [-0.1, -0.05) is 36.4 Å². The highest BCUT2D eigenvalue weighted by molar-refractivity contribution is 5.98. The van der Waals surface area contributed by atoms with Crippen LogP contribution in [0.15, 0.2) is 54.7 Å². The van der Waals surface area contributed by atoms with Crippen molar-refractivity contribution < 1.29 is 9.59 Å². The Labute approximate surface area is 162 Å². The third-order valence-electron chi connectivity index (χ3n) is 3.84. The maximum absolute atomic E-state index is 11.4. The van der Waals surface area contributed by atoms with Crippen LogP contribution in [0.1, 0.15) is 16.1 Å². The number of nitrogens with two attached hydrogens (primary N) is 2. The van der Waals surface area contributed by atoms with Crippen LogP contribution in [0, 0.1) is 11.3 Å². The first kappa shape index (κ1) is 20.4. The van der Waals surface area contributed by atoms with E-state index in [9.17, 15) is 9.59 Å². The quantitative estimate of drug-likeness (QED) is 0.563. The van der Waals surface area contributed by atoms with Crippen molar-refractivity contribution in [1.29, 1.82) is 5.26 Å². The van der Waals surface area contributed by atoms with Crippen molar-refractivity contribution in [2.45, 2.75) is 6.42 Å². The number of carbonyl (C=O) groups is 2. The molecule has 0 fully saturated rings. The van der Waals surface area contributed by atoms with Crippen molar-refractivity contribution in [3.05, 3.63) is 66.0 Å². The zero-order valence-corrected chi connectivity index (χ0v) is 15.3. The molecule has 1 aromatic heterocycles. The van der Waals surface area contributed by atoms with Gasteiger partial charge < -0.3 is 16.8 Å². The Bertz CT molecular complexity index is 1000. The maximum Gasteiger partial charge on any atom is 0.271 e. The molecule has 8 heteroatoms. The number of primary amides is 1. The van der Waals surface area contributed by atoms with Crippen LogP contribution in [-0.4, -0.2) is 29.1 Å². The van der Waals surface area contributed by atoms with E-state index in [2.05, 4.69) is 22.2 Å². The largest absolute Gasteiger partial charge is 0.364 e. The van der Waals surface area contributed by atoms with E-state index in [0.717, 1.165) is 16.7 Å². The molecule has 0 saturated heterocycles. The molecule has 3 rings (SSSR count). The molecule has 0 atom stereocenters. The van der Waals surface area contributed by atoms with Crippen LogP contribution in [-0.2, 0) is 11.2 Å². The monoisotopic (exact) mass is 376 g/mol. The summed E-state index contributed by atoms with van der Waals surface area (Å²) < 4.78 is 1.47. The Kier molecular flexibility index (Phi) is 7.02. The average Bonchev–Trinajstić information content (AvgIpc) is 3.15. The average molecular weight is 376 g/mol. The van der Waals surface area contributed by atoms with Crippen LogP contribution >= 0.6 is 0 Å². The van der Waals surface area contributed by atoms with E-state index in [4.69, 9.17) is 11.0 Å². The SMILES string of the molecule is CN.N#CCc1cccc(-c2ccc(-n3cc(NC=O)c(C(N)=O)n3)cc2)c1.